The predicted molar refractivity (Wildman–Crippen MR) is 118 cm³/mol. The number of rotatable bonds is 5. The molecule has 1 aliphatic heterocycles. The number of hydrogen-bond acceptors (Lipinski definition) is 6. The van der Waals surface area contributed by atoms with Gasteiger partial charge in [-0.3, -0.25) is 14.9 Å². The maximum absolute atomic E-state index is 14.6. The summed E-state index contributed by atoms with van der Waals surface area (Å²) >= 11 is 0. The first kappa shape index (κ1) is 22.4. The van der Waals surface area contributed by atoms with Crippen LogP contribution in [0.1, 0.15) is 27.9 Å². The smallest absolute Gasteiger partial charge is 0.339 e. The van der Waals surface area contributed by atoms with Crippen molar-refractivity contribution in [2.75, 3.05) is 11.4 Å². The summed E-state index contributed by atoms with van der Waals surface area (Å²) in [6, 6.07) is 13.1. The normalized spacial score (nSPS) is 13.3. The zero-order valence-electron chi connectivity index (χ0n) is 17.5. The molecule has 0 aromatic heterocycles. The summed E-state index contributed by atoms with van der Waals surface area (Å²) in [4.78, 5) is 24.3. The van der Waals surface area contributed by atoms with Gasteiger partial charge >= 0.3 is 10.1 Å². The molecule has 4 rings (SSSR count). The molecule has 1 amide bonds. The van der Waals surface area contributed by atoms with Gasteiger partial charge in [0, 0.05) is 24.2 Å². The molecule has 33 heavy (non-hydrogen) atoms. The Labute approximate surface area is 189 Å². The Morgan fingerprint density at radius 2 is 1.85 bits per heavy atom. The van der Waals surface area contributed by atoms with E-state index in [1.807, 2.05) is 6.07 Å². The lowest BCUT2D eigenvalue weighted by Gasteiger charge is -2.30. The SMILES string of the molecule is Cc1cc(F)c2c(c1)CCCN2C(=O)c1ccc(OS(=O)(=O)c2cccc([N+](=O)[O-])c2)cc1. The van der Waals surface area contributed by atoms with E-state index in [2.05, 4.69) is 0 Å². The molecular formula is C23H19FN2O6S. The molecule has 1 aliphatic rings. The van der Waals surface area contributed by atoms with Crippen molar-refractivity contribution >= 4 is 27.4 Å². The molecule has 0 N–H and O–H groups in total. The first-order valence-corrected chi connectivity index (χ1v) is 11.5. The number of halogens is 1. The monoisotopic (exact) mass is 470 g/mol. The number of nitrogens with zero attached hydrogens (tertiary/aromatic N) is 2. The number of carbonyl (C=O) groups is 1. The zero-order chi connectivity index (χ0) is 23.8. The molecule has 3 aromatic rings. The van der Waals surface area contributed by atoms with Crippen molar-refractivity contribution < 1.29 is 26.7 Å². The summed E-state index contributed by atoms with van der Waals surface area (Å²) < 4.78 is 44.6. The van der Waals surface area contributed by atoms with E-state index in [0.717, 1.165) is 17.2 Å². The third-order valence-corrected chi connectivity index (χ3v) is 6.50. The fraction of sp³-hybridized carbons (Fsp3) is 0.174. The number of nitro benzene ring substituents is 1. The second-order valence-corrected chi connectivity index (χ2v) is 9.18. The van der Waals surface area contributed by atoms with Gasteiger partial charge in [-0.25, -0.2) is 4.39 Å². The van der Waals surface area contributed by atoms with Crippen LogP contribution in [0.25, 0.3) is 0 Å². The molecule has 0 spiro atoms. The molecule has 0 radical (unpaired) electrons. The predicted octanol–water partition coefficient (Wildman–Crippen LogP) is 4.40. The lowest BCUT2D eigenvalue weighted by Crippen LogP contribution is -2.36. The van der Waals surface area contributed by atoms with Crippen molar-refractivity contribution in [2.24, 2.45) is 0 Å². The quantitative estimate of drug-likeness (QED) is 0.311. The van der Waals surface area contributed by atoms with Crippen LogP contribution in [0.5, 0.6) is 5.75 Å². The number of carbonyl (C=O) groups excluding carboxylic acids is 1. The van der Waals surface area contributed by atoms with Crippen LogP contribution in [0.15, 0.2) is 65.6 Å². The Kier molecular flexibility index (Phi) is 5.86. The van der Waals surface area contributed by atoms with Crippen molar-refractivity contribution in [1.29, 1.82) is 0 Å². The van der Waals surface area contributed by atoms with Gasteiger partial charge in [0.25, 0.3) is 11.6 Å². The molecule has 8 nitrogen and oxygen atoms in total. The minimum Gasteiger partial charge on any atom is -0.379 e. The van der Waals surface area contributed by atoms with Crippen molar-refractivity contribution in [1.82, 2.24) is 0 Å². The number of nitro groups is 1. The molecule has 0 fully saturated rings. The number of amides is 1. The van der Waals surface area contributed by atoms with Gasteiger partial charge in [0.05, 0.1) is 10.6 Å². The Morgan fingerprint density at radius 1 is 1.12 bits per heavy atom. The van der Waals surface area contributed by atoms with Crippen LogP contribution in [0.2, 0.25) is 0 Å². The minimum atomic E-state index is -4.32. The number of non-ortho nitro benzene ring substituents is 1. The lowest BCUT2D eigenvalue weighted by molar-refractivity contribution is -0.385. The van der Waals surface area contributed by atoms with Crippen LogP contribution in [0.4, 0.5) is 15.8 Å². The largest absolute Gasteiger partial charge is 0.379 e. The Balaban J connectivity index is 1.56. The van der Waals surface area contributed by atoms with Gasteiger partial charge < -0.3 is 9.08 Å². The summed E-state index contributed by atoms with van der Waals surface area (Å²) in [5.74, 6) is -0.938. The highest BCUT2D eigenvalue weighted by Gasteiger charge is 2.27. The number of hydrogen-bond donors (Lipinski definition) is 0. The van der Waals surface area contributed by atoms with E-state index in [4.69, 9.17) is 4.18 Å². The maximum atomic E-state index is 14.6. The molecule has 0 saturated heterocycles. The van der Waals surface area contributed by atoms with Crippen molar-refractivity contribution in [3.8, 4) is 5.75 Å². The number of aryl methyl sites for hydroxylation is 2. The van der Waals surface area contributed by atoms with Gasteiger partial charge in [-0.1, -0.05) is 12.1 Å². The summed E-state index contributed by atoms with van der Waals surface area (Å²) in [6.07, 6.45) is 1.38. The van der Waals surface area contributed by atoms with Crippen molar-refractivity contribution in [3.05, 3.63) is 93.3 Å². The molecule has 3 aromatic carbocycles. The highest BCUT2D eigenvalue weighted by molar-refractivity contribution is 7.87. The Bertz CT molecular complexity index is 1360. The van der Waals surface area contributed by atoms with Crippen LogP contribution in [0.3, 0.4) is 0 Å². The molecule has 170 valence electrons. The van der Waals surface area contributed by atoms with E-state index >= 15 is 0 Å². The Morgan fingerprint density at radius 3 is 2.55 bits per heavy atom. The topological polar surface area (TPSA) is 107 Å². The average molecular weight is 470 g/mol. The number of benzene rings is 3. The molecule has 0 saturated carbocycles. The molecule has 0 unspecified atom stereocenters. The minimum absolute atomic E-state index is 0.0705. The fourth-order valence-corrected chi connectivity index (χ4v) is 4.75. The zero-order valence-corrected chi connectivity index (χ0v) is 18.3. The number of anilines is 1. The Hall–Kier alpha value is -3.79. The summed E-state index contributed by atoms with van der Waals surface area (Å²) in [5, 5.41) is 10.9. The van der Waals surface area contributed by atoms with Gasteiger partial charge in [-0.15, -0.1) is 0 Å². The maximum Gasteiger partial charge on any atom is 0.339 e. The third kappa shape index (κ3) is 4.56. The van der Waals surface area contributed by atoms with E-state index in [-0.39, 0.29) is 27.6 Å². The second kappa shape index (κ2) is 8.62. The first-order valence-electron chi connectivity index (χ1n) is 10.1. The molecule has 0 atom stereocenters. The lowest BCUT2D eigenvalue weighted by atomic mass is 9.98. The standard InChI is InChI=1S/C23H19FN2O6S/c1-15-12-17-4-3-11-25(22(17)21(24)13-15)23(27)16-7-9-19(10-8-16)32-33(30,31)20-6-2-5-18(14-20)26(28)29/h2,5-10,12-14H,3-4,11H2,1H3. The van der Waals surface area contributed by atoms with Gasteiger partial charge in [-0.05, 0) is 67.3 Å². The van der Waals surface area contributed by atoms with Gasteiger partial charge in [0.15, 0.2) is 0 Å². The summed E-state index contributed by atoms with van der Waals surface area (Å²) in [5.41, 5.74) is 1.68. The molecule has 10 heteroatoms. The van der Waals surface area contributed by atoms with Crippen LogP contribution in [-0.4, -0.2) is 25.8 Å². The molecule has 0 aliphatic carbocycles. The van der Waals surface area contributed by atoms with Gasteiger partial charge in [0.1, 0.15) is 16.5 Å². The summed E-state index contributed by atoms with van der Waals surface area (Å²) in [6.45, 7) is 2.16. The highest BCUT2D eigenvalue weighted by atomic mass is 32.2. The molecule has 1 heterocycles. The average Bonchev–Trinajstić information content (AvgIpc) is 2.78. The second-order valence-electron chi connectivity index (χ2n) is 7.63. The van der Waals surface area contributed by atoms with Crippen LogP contribution < -0.4 is 9.08 Å². The van der Waals surface area contributed by atoms with Crippen molar-refractivity contribution in [2.45, 2.75) is 24.7 Å². The van der Waals surface area contributed by atoms with Crippen molar-refractivity contribution in [3.63, 3.8) is 0 Å². The van der Waals surface area contributed by atoms with Crippen LogP contribution in [-0.2, 0) is 16.5 Å². The van der Waals surface area contributed by atoms with Crippen LogP contribution in [0, 0.1) is 22.9 Å². The van der Waals surface area contributed by atoms with E-state index in [1.54, 1.807) is 6.92 Å². The first-order chi connectivity index (χ1) is 15.7. The van der Waals surface area contributed by atoms with E-state index in [1.165, 1.54) is 53.4 Å². The fourth-order valence-electron chi connectivity index (χ4n) is 3.78. The van der Waals surface area contributed by atoms with E-state index in [9.17, 15) is 27.7 Å². The van der Waals surface area contributed by atoms with Gasteiger partial charge in [0.2, 0.25) is 0 Å². The van der Waals surface area contributed by atoms with Gasteiger partial charge in [-0.2, -0.15) is 8.42 Å². The summed E-state index contributed by atoms with van der Waals surface area (Å²) in [7, 11) is -4.32. The molecule has 0 bridgehead atoms. The van der Waals surface area contributed by atoms with E-state index < -0.39 is 26.8 Å². The third-order valence-electron chi connectivity index (χ3n) is 5.25. The highest BCUT2D eigenvalue weighted by Crippen LogP contribution is 2.32. The van der Waals surface area contributed by atoms with E-state index in [0.29, 0.717) is 19.4 Å². The number of fused-ring (bicyclic) bond motifs is 1. The molecular weight excluding hydrogens is 451 g/mol. The van der Waals surface area contributed by atoms with Crippen LogP contribution >= 0.6 is 0 Å².